The highest BCUT2D eigenvalue weighted by molar-refractivity contribution is 6.74. The minimum Gasteiger partial charge on any atom is -0.490 e. The Kier molecular flexibility index (Phi) is 23.3. The number of anilines is 2. The third-order valence-electron chi connectivity index (χ3n) is 26.9. The zero-order valence-electron chi connectivity index (χ0n) is 64.3. The predicted octanol–water partition coefficient (Wildman–Crippen LogP) is 19.7. The highest BCUT2D eigenvalue weighted by atomic mass is 35.5. The van der Waals surface area contributed by atoms with Crippen molar-refractivity contribution in [2.45, 2.75) is 229 Å². The highest BCUT2D eigenvalue weighted by Gasteiger charge is 2.53. The van der Waals surface area contributed by atoms with Crippen molar-refractivity contribution in [3.05, 3.63) is 165 Å². The van der Waals surface area contributed by atoms with Gasteiger partial charge >= 0.3 is 11.9 Å². The molecule has 12 atom stereocenters. The Hall–Kier alpha value is -5.89. The summed E-state index contributed by atoms with van der Waals surface area (Å²) in [5.41, 5.74) is 8.14. The maximum atomic E-state index is 12.8. The standard InChI is InChI=1S/2C43H58ClN3O4Si/c2*1-42(2,3)52(5,6)51-40(31-11-7-10-29(22-31)23-39-45-20-9-21-46-39)35-16-13-33(35)26-47-27-43(19-8-12-30-24-34(44)15-17-36(30)43)28-50-38-18-14-32(25-37(38)47)41(48)49-4/h2*9,14-15,17-18,20-21,24-25,29,31,33,35,40H,7-8,10-13,16,19,22-23,26-28H2,1-6H3/t29-,31+,33-,35+,40+,43-;29-,31-,33+,35-,40-,43+/m01/s1. The summed E-state index contributed by atoms with van der Waals surface area (Å²) in [7, 11) is -1.22. The van der Waals surface area contributed by atoms with Crippen molar-refractivity contribution >= 4 is 63.2 Å². The van der Waals surface area contributed by atoms with E-state index in [2.05, 4.69) is 122 Å². The van der Waals surface area contributed by atoms with Gasteiger partial charge in [-0.3, -0.25) is 0 Å². The number of hydrogen-bond donors (Lipinski definition) is 0. The molecule has 2 spiro atoms. The quantitative estimate of drug-likeness (QED) is 0.0594. The number of methoxy groups -OCH3 is 2. The monoisotopic (exact) mass is 1490 g/mol. The number of esters is 2. The number of hydrogen-bond acceptors (Lipinski definition) is 14. The topological polar surface area (TPSA) is 148 Å². The van der Waals surface area contributed by atoms with E-state index in [0.717, 1.165) is 122 Å². The van der Waals surface area contributed by atoms with Crippen LogP contribution in [0.1, 0.15) is 199 Å². The van der Waals surface area contributed by atoms with Crippen molar-refractivity contribution in [2.24, 2.45) is 47.3 Å². The van der Waals surface area contributed by atoms with Crippen LogP contribution in [0.3, 0.4) is 0 Å². The van der Waals surface area contributed by atoms with Gasteiger partial charge in [0.25, 0.3) is 0 Å². The van der Waals surface area contributed by atoms with Gasteiger partial charge in [-0.25, -0.2) is 29.5 Å². The average Bonchev–Trinajstić information content (AvgIpc) is 1.50. The molecule has 4 heterocycles. The van der Waals surface area contributed by atoms with Crippen molar-refractivity contribution < 1.29 is 37.4 Å². The molecule has 8 aliphatic rings. The molecule has 0 amide bonds. The molecule has 18 heteroatoms. The molecule has 0 bridgehead atoms. The SMILES string of the molecule is COC(=O)c1ccc2c(c1)N(C[C@@H]1CC[C@H]1[C@H](O[Si](C)(C)C(C)(C)C)[C@@H]1CCC[C@@H](Cc3ncccn3)C1)C[C@@]1(CCCc3cc(Cl)ccc31)CO2.COC(=O)c1ccc2c(c1)N(C[C@@H]1CC[C@H]1[C@H](O[Si](C)(C)C(C)(C)C)[C@@H]1CCC[C@H](Cc3ncccn3)C1)C[C@@]1(CCCc3cc(Cl)ccc31)CO2. The summed E-state index contributed by atoms with van der Waals surface area (Å²) in [6.07, 6.45) is 30.7. The van der Waals surface area contributed by atoms with Gasteiger partial charge < -0.3 is 37.6 Å². The van der Waals surface area contributed by atoms with Gasteiger partial charge in [-0.1, -0.05) is 89.7 Å². The summed E-state index contributed by atoms with van der Waals surface area (Å²) in [6, 6.07) is 28.3. The first-order valence-electron chi connectivity index (χ1n) is 39.4. The van der Waals surface area contributed by atoms with Crippen LogP contribution >= 0.6 is 23.2 Å². The molecule has 2 aliphatic heterocycles. The van der Waals surface area contributed by atoms with Crippen LogP contribution in [0.15, 0.2) is 110 Å². The molecule has 0 saturated heterocycles. The normalized spacial score (nSPS) is 26.7. The van der Waals surface area contributed by atoms with Crippen LogP contribution < -0.4 is 19.3 Å². The molecule has 560 valence electrons. The lowest BCUT2D eigenvalue weighted by Gasteiger charge is -2.52. The van der Waals surface area contributed by atoms with Gasteiger partial charge in [-0.15, -0.1) is 0 Å². The van der Waals surface area contributed by atoms with Crippen molar-refractivity contribution in [3.63, 3.8) is 0 Å². The smallest absolute Gasteiger partial charge is 0.337 e. The Morgan fingerprint density at radius 2 is 0.942 bits per heavy atom. The number of carbonyl (C=O) groups is 2. The predicted molar refractivity (Wildman–Crippen MR) is 422 cm³/mol. The third-order valence-corrected chi connectivity index (χ3v) is 36.3. The van der Waals surface area contributed by atoms with E-state index in [9.17, 15) is 9.59 Å². The summed E-state index contributed by atoms with van der Waals surface area (Å²) >= 11 is 13.1. The van der Waals surface area contributed by atoms with Crippen LogP contribution in [0.25, 0.3) is 0 Å². The number of aromatic nitrogens is 4. The minimum atomic E-state index is -2.06. The molecule has 14 nitrogen and oxygen atoms in total. The van der Waals surface area contributed by atoms with Gasteiger partial charge in [-0.2, -0.15) is 0 Å². The molecule has 6 aromatic rings. The van der Waals surface area contributed by atoms with Crippen LogP contribution in [0, 0.1) is 47.3 Å². The van der Waals surface area contributed by atoms with Gasteiger partial charge in [0, 0.05) is 84.7 Å². The summed E-state index contributed by atoms with van der Waals surface area (Å²) < 4.78 is 39.0. The fourth-order valence-electron chi connectivity index (χ4n) is 18.9. The fourth-order valence-corrected chi connectivity index (χ4v) is 22.1. The molecule has 104 heavy (non-hydrogen) atoms. The van der Waals surface area contributed by atoms with E-state index in [1.54, 1.807) is 0 Å². The molecule has 14 rings (SSSR count). The summed E-state index contributed by atoms with van der Waals surface area (Å²) in [6.45, 7) is 28.6. The van der Waals surface area contributed by atoms with Crippen LogP contribution in [-0.2, 0) is 54.8 Å². The van der Waals surface area contributed by atoms with E-state index >= 15 is 0 Å². The number of rotatable bonds is 18. The first-order valence-corrected chi connectivity index (χ1v) is 45.9. The summed E-state index contributed by atoms with van der Waals surface area (Å²) in [5.74, 6) is 7.09. The van der Waals surface area contributed by atoms with E-state index in [4.69, 9.17) is 51.0 Å². The Morgan fingerprint density at radius 3 is 1.31 bits per heavy atom. The van der Waals surface area contributed by atoms with Gasteiger partial charge in [0.1, 0.15) is 23.1 Å². The average molecular weight is 1490 g/mol. The molecule has 4 aromatic carbocycles. The molecule has 0 radical (unpaired) electrons. The second-order valence-electron chi connectivity index (χ2n) is 35.6. The molecule has 2 aromatic heterocycles. The molecule has 4 fully saturated rings. The second-order valence-corrected chi connectivity index (χ2v) is 46.0. The zero-order chi connectivity index (χ0) is 73.3. The van der Waals surface area contributed by atoms with E-state index in [1.807, 2.05) is 85.5 Å². The van der Waals surface area contributed by atoms with Crippen molar-refractivity contribution in [1.82, 2.24) is 19.9 Å². The Labute approximate surface area is 632 Å². The second kappa shape index (κ2) is 31.7. The first kappa shape index (κ1) is 76.3. The maximum Gasteiger partial charge on any atom is 0.337 e. The lowest BCUT2D eigenvalue weighted by atomic mass is 9.64. The maximum absolute atomic E-state index is 12.8. The number of benzene rings is 4. The summed E-state index contributed by atoms with van der Waals surface area (Å²) in [4.78, 5) is 49.1. The van der Waals surface area contributed by atoms with Crippen molar-refractivity contribution in [2.75, 3.05) is 63.4 Å². The summed E-state index contributed by atoms with van der Waals surface area (Å²) in [5, 5.41) is 1.84. The molecule has 6 aliphatic carbocycles. The van der Waals surface area contributed by atoms with Gasteiger partial charge in [0.05, 0.1) is 62.1 Å². The number of nitrogens with zero attached hydrogens (tertiary/aromatic N) is 6. The van der Waals surface area contributed by atoms with Crippen molar-refractivity contribution in [3.8, 4) is 11.5 Å². The Balaban J connectivity index is 0.000000185. The number of halogens is 2. The van der Waals surface area contributed by atoms with E-state index < -0.39 is 16.6 Å². The zero-order valence-corrected chi connectivity index (χ0v) is 67.8. The number of fused-ring (bicyclic) bond motifs is 6. The van der Waals surface area contributed by atoms with Gasteiger partial charge in [-0.05, 0) is 281 Å². The molecular weight excluding hydrogens is 1370 g/mol. The third kappa shape index (κ3) is 16.7. The number of carbonyl (C=O) groups excluding carboxylic acids is 2. The molecule has 0 N–H and O–H groups in total. The number of aryl methyl sites for hydroxylation is 2. The van der Waals surface area contributed by atoms with Crippen LogP contribution in [0.2, 0.25) is 46.3 Å². The van der Waals surface area contributed by atoms with Crippen molar-refractivity contribution in [1.29, 1.82) is 0 Å². The van der Waals surface area contributed by atoms with Crippen LogP contribution in [-0.4, -0.2) is 114 Å². The minimum absolute atomic E-state index is 0.130. The van der Waals surface area contributed by atoms with E-state index in [-0.39, 0.29) is 45.1 Å². The fraction of sp³-hybridized carbons (Fsp3) is 0.605. The number of ether oxygens (including phenoxy) is 4. The first-order chi connectivity index (χ1) is 49.7. The van der Waals surface area contributed by atoms with Crippen LogP contribution in [0.4, 0.5) is 11.4 Å². The highest BCUT2D eigenvalue weighted by Crippen LogP contribution is 2.54. The van der Waals surface area contributed by atoms with Gasteiger partial charge in [0.2, 0.25) is 0 Å². The van der Waals surface area contributed by atoms with E-state index in [0.29, 0.717) is 71.7 Å². The Bertz CT molecular complexity index is 3710. The largest absolute Gasteiger partial charge is 0.490 e. The molecular formula is C86H116Cl2N6O8Si2. The lowest BCUT2D eigenvalue weighted by Crippen LogP contribution is -2.54. The Morgan fingerprint density at radius 1 is 0.538 bits per heavy atom. The lowest BCUT2D eigenvalue weighted by molar-refractivity contribution is -0.0296. The molecule has 4 saturated carbocycles. The molecule has 0 unspecified atom stereocenters. The van der Waals surface area contributed by atoms with E-state index in [1.165, 1.54) is 114 Å². The van der Waals surface area contributed by atoms with Gasteiger partial charge in [0.15, 0.2) is 16.6 Å². The van der Waals surface area contributed by atoms with Crippen LogP contribution in [0.5, 0.6) is 11.5 Å².